The maximum Gasteiger partial charge on any atom is 0.240 e. The molecule has 1 aliphatic heterocycles. The normalized spacial score (nSPS) is 21.3. The standard InChI is InChI=1S/C14H23N3O2/c1-3-13-15-14(19-16-13)10-17-8-6-4-5-7-12(17)9-11(2)18/h12H,3-10H2,1-2H3. The first-order valence-electron chi connectivity index (χ1n) is 7.24. The number of ketones is 1. The predicted octanol–water partition coefficient (Wildman–Crippen LogP) is 2.36. The molecule has 0 amide bonds. The molecule has 5 heteroatoms. The second-order valence-corrected chi connectivity index (χ2v) is 5.34. The third-order valence-corrected chi connectivity index (χ3v) is 3.69. The Hall–Kier alpha value is -1.23. The Morgan fingerprint density at radius 3 is 2.95 bits per heavy atom. The number of rotatable bonds is 5. The van der Waals surface area contributed by atoms with Crippen molar-refractivity contribution in [1.29, 1.82) is 0 Å². The Kier molecular flexibility index (Phi) is 5.07. The molecule has 0 N–H and O–H groups in total. The summed E-state index contributed by atoms with van der Waals surface area (Å²) in [5, 5.41) is 3.93. The van der Waals surface area contributed by atoms with Gasteiger partial charge in [-0.2, -0.15) is 4.98 Å². The summed E-state index contributed by atoms with van der Waals surface area (Å²) < 4.78 is 5.26. The van der Waals surface area contributed by atoms with Crippen LogP contribution in [0.15, 0.2) is 4.52 Å². The van der Waals surface area contributed by atoms with E-state index >= 15 is 0 Å². The number of aromatic nitrogens is 2. The van der Waals surface area contributed by atoms with Gasteiger partial charge in [0.2, 0.25) is 5.89 Å². The van der Waals surface area contributed by atoms with E-state index in [1.807, 2.05) is 6.92 Å². The van der Waals surface area contributed by atoms with Crippen LogP contribution in [0.2, 0.25) is 0 Å². The summed E-state index contributed by atoms with van der Waals surface area (Å²) in [6.45, 7) is 5.37. The predicted molar refractivity (Wildman–Crippen MR) is 71.6 cm³/mol. The minimum absolute atomic E-state index is 0.261. The molecule has 5 nitrogen and oxygen atoms in total. The van der Waals surface area contributed by atoms with Crippen LogP contribution in [0, 0.1) is 0 Å². The zero-order valence-electron chi connectivity index (χ0n) is 11.9. The molecule has 0 bridgehead atoms. The lowest BCUT2D eigenvalue weighted by atomic mass is 10.0. The third-order valence-electron chi connectivity index (χ3n) is 3.69. The lowest BCUT2D eigenvalue weighted by Gasteiger charge is -2.27. The molecular formula is C14H23N3O2. The highest BCUT2D eigenvalue weighted by molar-refractivity contribution is 5.76. The van der Waals surface area contributed by atoms with Crippen LogP contribution < -0.4 is 0 Å². The number of likely N-dealkylation sites (tertiary alicyclic amines) is 1. The van der Waals surface area contributed by atoms with Crippen LogP contribution in [0.1, 0.15) is 57.7 Å². The Labute approximate surface area is 114 Å². The molecule has 0 aliphatic carbocycles. The first-order valence-corrected chi connectivity index (χ1v) is 7.24. The molecule has 2 rings (SSSR count). The van der Waals surface area contributed by atoms with Crippen molar-refractivity contribution in [2.24, 2.45) is 0 Å². The van der Waals surface area contributed by atoms with Gasteiger partial charge in [0.1, 0.15) is 5.78 Å². The van der Waals surface area contributed by atoms with Gasteiger partial charge in [0.15, 0.2) is 5.82 Å². The van der Waals surface area contributed by atoms with Crippen molar-refractivity contribution in [3.63, 3.8) is 0 Å². The largest absolute Gasteiger partial charge is 0.338 e. The smallest absolute Gasteiger partial charge is 0.240 e. The van der Waals surface area contributed by atoms with E-state index in [0.29, 0.717) is 24.9 Å². The summed E-state index contributed by atoms with van der Waals surface area (Å²) in [5.74, 6) is 1.69. The Balaban J connectivity index is 2.02. The SMILES string of the molecule is CCc1noc(CN2CCCCCC2CC(C)=O)n1. The molecule has 0 radical (unpaired) electrons. The van der Waals surface area contributed by atoms with Gasteiger partial charge < -0.3 is 4.52 Å². The minimum atomic E-state index is 0.261. The summed E-state index contributed by atoms with van der Waals surface area (Å²) in [4.78, 5) is 18.1. The van der Waals surface area contributed by atoms with Crippen molar-refractivity contribution < 1.29 is 9.32 Å². The molecule has 106 valence electrons. The molecule has 0 saturated carbocycles. The number of carbonyl (C=O) groups is 1. The van der Waals surface area contributed by atoms with Crippen LogP contribution in [0.25, 0.3) is 0 Å². The summed E-state index contributed by atoms with van der Waals surface area (Å²) >= 11 is 0. The second-order valence-electron chi connectivity index (χ2n) is 5.34. The van der Waals surface area contributed by atoms with Gasteiger partial charge >= 0.3 is 0 Å². The molecule has 1 saturated heterocycles. The molecular weight excluding hydrogens is 242 g/mol. The van der Waals surface area contributed by atoms with Gasteiger partial charge in [-0.3, -0.25) is 9.69 Å². The fourth-order valence-electron chi connectivity index (χ4n) is 2.68. The molecule has 1 atom stereocenters. The maximum atomic E-state index is 11.4. The van der Waals surface area contributed by atoms with Crippen LogP contribution in [-0.2, 0) is 17.8 Å². The molecule has 0 spiro atoms. The van der Waals surface area contributed by atoms with Crippen LogP contribution in [-0.4, -0.2) is 33.4 Å². The summed E-state index contributed by atoms with van der Waals surface area (Å²) in [5.41, 5.74) is 0. The number of hydrogen-bond donors (Lipinski definition) is 0. The first kappa shape index (κ1) is 14.2. The Morgan fingerprint density at radius 2 is 2.26 bits per heavy atom. The number of hydrogen-bond acceptors (Lipinski definition) is 5. The molecule has 1 aromatic heterocycles. The second kappa shape index (κ2) is 6.80. The van der Waals surface area contributed by atoms with E-state index in [-0.39, 0.29) is 5.78 Å². The van der Waals surface area contributed by atoms with Crippen molar-refractivity contribution in [2.45, 2.75) is 65.0 Å². The highest BCUT2D eigenvalue weighted by atomic mass is 16.5. The van der Waals surface area contributed by atoms with Gasteiger partial charge in [-0.1, -0.05) is 24.9 Å². The van der Waals surface area contributed by atoms with Crippen LogP contribution in [0.5, 0.6) is 0 Å². The van der Waals surface area contributed by atoms with Gasteiger partial charge in [-0.25, -0.2) is 0 Å². The van der Waals surface area contributed by atoms with E-state index in [2.05, 4.69) is 15.0 Å². The summed E-state index contributed by atoms with van der Waals surface area (Å²) in [6.07, 6.45) is 6.15. The quantitative estimate of drug-likeness (QED) is 0.818. The fourth-order valence-corrected chi connectivity index (χ4v) is 2.68. The third kappa shape index (κ3) is 4.13. The summed E-state index contributed by atoms with van der Waals surface area (Å²) in [7, 11) is 0. The highest BCUT2D eigenvalue weighted by Gasteiger charge is 2.24. The van der Waals surface area contributed by atoms with Gasteiger partial charge in [-0.15, -0.1) is 0 Å². The van der Waals surface area contributed by atoms with Crippen molar-refractivity contribution >= 4 is 5.78 Å². The Bertz CT molecular complexity index is 417. The number of nitrogens with zero attached hydrogens (tertiary/aromatic N) is 3. The van der Waals surface area contributed by atoms with Crippen molar-refractivity contribution in [1.82, 2.24) is 15.0 Å². The van der Waals surface area contributed by atoms with Gasteiger partial charge in [-0.05, 0) is 26.3 Å². The van der Waals surface area contributed by atoms with Gasteiger partial charge in [0.05, 0.1) is 6.54 Å². The first-order chi connectivity index (χ1) is 9.19. The lowest BCUT2D eigenvalue weighted by molar-refractivity contribution is -0.118. The lowest BCUT2D eigenvalue weighted by Crippen LogP contribution is -2.35. The van der Waals surface area contributed by atoms with E-state index in [0.717, 1.165) is 25.2 Å². The van der Waals surface area contributed by atoms with E-state index < -0.39 is 0 Å². The number of Topliss-reactive ketones (excluding diaryl/α,β-unsaturated/α-hetero) is 1. The van der Waals surface area contributed by atoms with Crippen molar-refractivity contribution in [2.75, 3.05) is 6.54 Å². The zero-order chi connectivity index (χ0) is 13.7. The van der Waals surface area contributed by atoms with Gasteiger partial charge in [0.25, 0.3) is 0 Å². The number of carbonyl (C=O) groups excluding carboxylic acids is 1. The summed E-state index contributed by atoms with van der Waals surface area (Å²) in [6, 6.07) is 0.331. The zero-order valence-corrected chi connectivity index (χ0v) is 11.9. The average molecular weight is 265 g/mol. The Morgan fingerprint density at radius 1 is 1.42 bits per heavy atom. The molecule has 1 aromatic rings. The maximum absolute atomic E-state index is 11.4. The minimum Gasteiger partial charge on any atom is -0.338 e. The van der Waals surface area contributed by atoms with E-state index in [1.54, 1.807) is 6.92 Å². The van der Waals surface area contributed by atoms with Crippen LogP contribution >= 0.6 is 0 Å². The molecule has 0 aromatic carbocycles. The topological polar surface area (TPSA) is 59.2 Å². The monoisotopic (exact) mass is 265 g/mol. The van der Waals surface area contributed by atoms with Crippen LogP contribution in [0.3, 0.4) is 0 Å². The van der Waals surface area contributed by atoms with Crippen LogP contribution in [0.4, 0.5) is 0 Å². The fraction of sp³-hybridized carbons (Fsp3) is 0.786. The van der Waals surface area contributed by atoms with Crippen molar-refractivity contribution in [3.05, 3.63) is 11.7 Å². The average Bonchev–Trinajstić information content (AvgIpc) is 2.72. The van der Waals surface area contributed by atoms with E-state index in [1.165, 1.54) is 19.3 Å². The number of aryl methyl sites for hydroxylation is 1. The molecule has 1 aliphatic rings. The van der Waals surface area contributed by atoms with Crippen molar-refractivity contribution in [3.8, 4) is 0 Å². The van der Waals surface area contributed by atoms with E-state index in [4.69, 9.17) is 4.52 Å². The van der Waals surface area contributed by atoms with Gasteiger partial charge in [0, 0.05) is 18.9 Å². The highest BCUT2D eigenvalue weighted by Crippen LogP contribution is 2.21. The molecule has 2 heterocycles. The molecule has 19 heavy (non-hydrogen) atoms. The molecule has 1 fully saturated rings. The molecule has 1 unspecified atom stereocenters. The van der Waals surface area contributed by atoms with E-state index in [9.17, 15) is 4.79 Å².